The van der Waals surface area contributed by atoms with E-state index in [0.29, 0.717) is 0 Å². The molecule has 0 bridgehead atoms. The van der Waals surface area contributed by atoms with Gasteiger partial charge in [0.2, 0.25) is 0 Å². The van der Waals surface area contributed by atoms with Gasteiger partial charge in [0, 0.05) is 4.47 Å². The maximum atomic E-state index is 13.2. The molecule has 0 aliphatic rings. The van der Waals surface area contributed by atoms with Crippen molar-refractivity contribution in [3.8, 4) is 0 Å². The Morgan fingerprint density at radius 2 is 2.05 bits per heavy atom. The summed E-state index contributed by atoms with van der Waals surface area (Å²) >= 11 is 3.05. The maximum Gasteiger partial charge on any atom is 0.347 e. The first-order valence-corrected chi connectivity index (χ1v) is 6.82. The van der Waals surface area contributed by atoms with Crippen LogP contribution in [0.2, 0.25) is 0 Å². The van der Waals surface area contributed by atoms with Crippen LogP contribution < -0.4 is 5.73 Å². The Hall–Kier alpha value is -1.63. The molecule has 7 heteroatoms. The van der Waals surface area contributed by atoms with Gasteiger partial charge in [-0.1, -0.05) is 6.92 Å². The van der Waals surface area contributed by atoms with E-state index in [2.05, 4.69) is 15.9 Å². The van der Waals surface area contributed by atoms with Crippen LogP contribution in [-0.2, 0) is 14.3 Å². The third-order valence-corrected chi connectivity index (χ3v) is 3.13. The molecule has 0 radical (unpaired) electrons. The van der Waals surface area contributed by atoms with Crippen LogP contribution in [0, 0.1) is 5.82 Å². The lowest BCUT2D eigenvalue weighted by Crippen LogP contribution is -2.28. The lowest BCUT2D eigenvalue weighted by molar-refractivity contribution is -0.153. The van der Waals surface area contributed by atoms with Crippen LogP contribution in [0.1, 0.15) is 30.6 Å². The predicted octanol–water partition coefficient (Wildman–Crippen LogP) is 2.67. The molecule has 1 atom stereocenters. The first-order chi connectivity index (χ1) is 9.40. The van der Waals surface area contributed by atoms with Gasteiger partial charge in [-0.2, -0.15) is 0 Å². The fraction of sp³-hybridized carbons (Fsp3) is 0.385. The number of esters is 2. The van der Waals surface area contributed by atoms with Crippen LogP contribution in [0.15, 0.2) is 16.6 Å². The molecule has 0 amide bonds. The van der Waals surface area contributed by atoms with Gasteiger partial charge in [-0.3, -0.25) is 0 Å². The van der Waals surface area contributed by atoms with Crippen LogP contribution >= 0.6 is 15.9 Å². The molecular formula is C13H15BrFNO4. The zero-order valence-electron chi connectivity index (χ0n) is 11.1. The average Bonchev–Trinajstić information content (AvgIpc) is 2.40. The summed E-state index contributed by atoms with van der Waals surface area (Å²) in [4.78, 5) is 23.5. The number of nitrogen functional groups attached to an aromatic ring is 1. The van der Waals surface area contributed by atoms with E-state index >= 15 is 0 Å². The van der Waals surface area contributed by atoms with Crippen molar-refractivity contribution in [2.45, 2.75) is 26.4 Å². The number of anilines is 1. The van der Waals surface area contributed by atoms with E-state index in [9.17, 15) is 14.0 Å². The van der Waals surface area contributed by atoms with E-state index in [4.69, 9.17) is 15.2 Å². The Labute approximate surface area is 124 Å². The summed E-state index contributed by atoms with van der Waals surface area (Å²) < 4.78 is 23.2. The van der Waals surface area contributed by atoms with Crippen molar-refractivity contribution >= 4 is 33.6 Å². The summed E-state index contributed by atoms with van der Waals surface area (Å²) in [5.41, 5.74) is 5.27. The Bertz CT molecular complexity index is 521. The second-order valence-corrected chi connectivity index (χ2v) is 4.76. The summed E-state index contributed by atoms with van der Waals surface area (Å²) in [7, 11) is 0. The first-order valence-electron chi connectivity index (χ1n) is 6.02. The Balaban J connectivity index is 2.90. The number of carbonyl (C=O) groups excluding carboxylic acids is 2. The number of rotatable bonds is 5. The Morgan fingerprint density at radius 3 is 2.60 bits per heavy atom. The highest BCUT2D eigenvalue weighted by Gasteiger charge is 2.24. The SMILES string of the molecule is CCOC(=O)C(CC)OC(=O)c1cc(N)c(F)cc1Br. The van der Waals surface area contributed by atoms with Gasteiger partial charge < -0.3 is 15.2 Å². The molecule has 1 aromatic rings. The zero-order valence-corrected chi connectivity index (χ0v) is 12.7. The molecule has 0 aliphatic carbocycles. The fourth-order valence-corrected chi connectivity index (χ4v) is 1.93. The van der Waals surface area contributed by atoms with Crippen LogP contribution in [0.3, 0.4) is 0 Å². The lowest BCUT2D eigenvalue weighted by Gasteiger charge is -2.15. The molecule has 5 nitrogen and oxygen atoms in total. The Morgan fingerprint density at radius 1 is 1.40 bits per heavy atom. The van der Waals surface area contributed by atoms with E-state index < -0.39 is 23.9 Å². The minimum absolute atomic E-state index is 0.0478. The van der Waals surface area contributed by atoms with Crippen molar-refractivity contribution in [3.05, 3.63) is 28.0 Å². The maximum absolute atomic E-state index is 13.2. The van der Waals surface area contributed by atoms with Gasteiger partial charge in [0.25, 0.3) is 0 Å². The van der Waals surface area contributed by atoms with E-state index in [1.54, 1.807) is 13.8 Å². The number of nitrogens with two attached hydrogens (primary N) is 1. The standard InChI is InChI=1S/C13H15BrFNO4/c1-3-11(13(18)19-4-2)20-12(17)7-5-10(16)9(15)6-8(7)14/h5-6,11H,3-4,16H2,1-2H3. The molecule has 0 spiro atoms. The van der Waals surface area contributed by atoms with Gasteiger partial charge in [0.15, 0.2) is 6.10 Å². The first kappa shape index (κ1) is 16.4. The monoisotopic (exact) mass is 347 g/mol. The van der Waals surface area contributed by atoms with E-state index in [-0.39, 0.29) is 28.8 Å². The molecule has 110 valence electrons. The van der Waals surface area contributed by atoms with E-state index in [0.717, 1.165) is 12.1 Å². The van der Waals surface area contributed by atoms with Crippen LogP contribution in [0.5, 0.6) is 0 Å². The number of benzene rings is 1. The van der Waals surface area contributed by atoms with Gasteiger partial charge in [-0.05, 0) is 41.4 Å². The topological polar surface area (TPSA) is 78.6 Å². The minimum Gasteiger partial charge on any atom is -0.463 e. The molecule has 0 fully saturated rings. The second-order valence-electron chi connectivity index (χ2n) is 3.91. The van der Waals surface area contributed by atoms with Gasteiger partial charge in [-0.15, -0.1) is 0 Å². The molecule has 0 aliphatic heterocycles. The van der Waals surface area contributed by atoms with Crippen LogP contribution in [0.25, 0.3) is 0 Å². The van der Waals surface area contributed by atoms with Gasteiger partial charge >= 0.3 is 11.9 Å². The normalized spacial score (nSPS) is 11.8. The number of hydrogen-bond acceptors (Lipinski definition) is 5. The van der Waals surface area contributed by atoms with Crippen molar-refractivity contribution in [1.82, 2.24) is 0 Å². The summed E-state index contributed by atoms with van der Waals surface area (Å²) in [5, 5.41) is 0. The number of halogens is 2. The van der Waals surface area contributed by atoms with Crippen molar-refractivity contribution in [2.24, 2.45) is 0 Å². The quantitative estimate of drug-likeness (QED) is 0.654. The number of hydrogen-bond donors (Lipinski definition) is 1. The third-order valence-electron chi connectivity index (χ3n) is 2.48. The molecule has 2 N–H and O–H groups in total. The highest BCUT2D eigenvalue weighted by Crippen LogP contribution is 2.24. The average molecular weight is 348 g/mol. The predicted molar refractivity (Wildman–Crippen MR) is 74.6 cm³/mol. The molecule has 0 saturated heterocycles. The lowest BCUT2D eigenvalue weighted by atomic mass is 10.2. The van der Waals surface area contributed by atoms with Crippen LogP contribution in [0.4, 0.5) is 10.1 Å². The van der Waals surface area contributed by atoms with E-state index in [1.807, 2.05) is 0 Å². The summed E-state index contributed by atoms with van der Waals surface area (Å²) in [6, 6.07) is 2.22. The van der Waals surface area contributed by atoms with E-state index in [1.165, 1.54) is 0 Å². The number of carbonyl (C=O) groups is 2. The highest BCUT2D eigenvalue weighted by molar-refractivity contribution is 9.10. The molecule has 0 heterocycles. The smallest absolute Gasteiger partial charge is 0.347 e. The second kappa shape index (κ2) is 7.23. The van der Waals surface area contributed by atoms with Gasteiger partial charge in [0.05, 0.1) is 17.9 Å². The molecule has 0 saturated carbocycles. The summed E-state index contributed by atoms with van der Waals surface area (Å²) in [6.07, 6.45) is -0.723. The highest BCUT2D eigenvalue weighted by atomic mass is 79.9. The number of ether oxygens (including phenoxy) is 2. The molecule has 1 rings (SSSR count). The van der Waals surface area contributed by atoms with Crippen molar-refractivity contribution < 1.29 is 23.5 Å². The zero-order chi connectivity index (χ0) is 15.3. The molecule has 1 aromatic carbocycles. The largest absolute Gasteiger partial charge is 0.463 e. The van der Waals surface area contributed by atoms with Crippen LogP contribution in [-0.4, -0.2) is 24.6 Å². The van der Waals surface area contributed by atoms with Crippen molar-refractivity contribution in [1.29, 1.82) is 0 Å². The Kier molecular flexibility index (Phi) is 5.94. The summed E-state index contributed by atoms with van der Waals surface area (Å²) in [5.74, 6) is -2.04. The van der Waals surface area contributed by atoms with Crippen molar-refractivity contribution in [3.63, 3.8) is 0 Å². The van der Waals surface area contributed by atoms with Gasteiger partial charge in [0.1, 0.15) is 5.82 Å². The molecule has 0 aromatic heterocycles. The fourth-order valence-electron chi connectivity index (χ4n) is 1.45. The molecule has 1 unspecified atom stereocenters. The third kappa shape index (κ3) is 3.93. The molecular weight excluding hydrogens is 333 g/mol. The van der Waals surface area contributed by atoms with Gasteiger partial charge in [-0.25, -0.2) is 14.0 Å². The molecule has 20 heavy (non-hydrogen) atoms. The minimum atomic E-state index is -0.999. The summed E-state index contributed by atoms with van der Waals surface area (Å²) in [6.45, 7) is 3.53. The van der Waals surface area contributed by atoms with Crippen molar-refractivity contribution in [2.75, 3.05) is 12.3 Å².